The Hall–Kier alpha value is -0.870. The van der Waals surface area contributed by atoms with Gasteiger partial charge in [0.25, 0.3) is 0 Å². The molecule has 1 atom stereocenters. The largest absolute Gasteiger partial charge is 0.760 e. The quantitative estimate of drug-likeness (QED) is 0.181. The van der Waals surface area contributed by atoms with E-state index < -0.39 is 27.6 Å². The van der Waals surface area contributed by atoms with E-state index in [1.165, 1.54) is 0 Å². The molecule has 0 heterocycles. The summed E-state index contributed by atoms with van der Waals surface area (Å²) in [5.41, 5.74) is 0. The topological polar surface area (TPSA) is 175 Å². The molecule has 138 valence electrons. The van der Waals surface area contributed by atoms with Crippen LogP contribution in [-0.4, -0.2) is 81.1 Å². The summed E-state index contributed by atoms with van der Waals surface area (Å²) >= 11 is -2.37. The summed E-state index contributed by atoms with van der Waals surface area (Å²) in [7, 11) is -4.07. The second-order valence-electron chi connectivity index (χ2n) is 3.71. The standard InChI is InChI=1S/C9H21N3O9S2/c13-3-6-19-5-2-11-23(17,18)12-9(14)21-8-7-20-4-1-10-22(15)16/h10-11,13H,1-8H2,(H,12,14)(H,15,16)/p-1. The number of hydrogen-bond acceptors (Lipinski definition) is 9. The van der Waals surface area contributed by atoms with Gasteiger partial charge in [-0.1, -0.05) is 0 Å². The lowest BCUT2D eigenvalue weighted by atomic mass is 10.7. The first-order valence-electron chi connectivity index (χ1n) is 6.40. The number of aliphatic hydroxyl groups is 1. The highest BCUT2D eigenvalue weighted by molar-refractivity contribution is 7.88. The van der Waals surface area contributed by atoms with Crippen LogP contribution < -0.4 is 14.2 Å². The molecule has 12 nitrogen and oxygen atoms in total. The Balaban J connectivity index is 3.65. The van der Waals surface area contributed by atoms with E-state index in [-0.39, 0.29) is 52.7 Å². The van der Waals surface area contributed by atoms with Gasteiger partial charge in [-0.3, -0.25) is 4.21 Å². The Kier molecular flexibility index (Phi) is 13.0. The summed E-state index contributed by atoms with van der Waals surface area (Å²) in [6, 6.07) is 0. The van der Waals surface area contributed by atoms with Gasteiger partial charge < -0.3 is 23.9 Å². The van der Waals surface area contributed by atoms with Crippen molar-refractivity contribution in [1.82, 2.24) is 14.2 Å². The number of rotatable bonds is 14. The smallest absolute Gasteiger partial charge is 0.421 e. The fraction of sp³-hybridized carbons (Fsp3) is 0.889. The van der Waals surface area contributed by atoms with Crippen LogP contribution in [0.2, 0.25) is 0 Å². The average molecular weight is 378 g/mol. The number of amides is 1. The van der Waals surface area contributed by atoms with E-state index in [4.69, 9.17) is 14.6 Å². The highest BCUT2D eigenvalue weighted by Gasteiger charge is 2.14. The van der Waals surface area contributed by atoms with Crippen molar-refractivity contribution in [3.63, 3.8) is 0 Å². The molecule has 0 rings (SSSR count). The van der Waals surface area contributed by atoms with Crippen molar-refractivity contribution < 1.29 is 41.3 Å². The van der Waals surface area contributed by atoms with Crippen molar-refractivity contribution in [3.05, 3.63) is 0 Å². The summed E-state index contributed by atoms with van der Waals surface area (Å²) in [6.07, 6.45) is -1.18. The molecule has 14 heteroatoms. The predicted octanol–water partition coefficient (Wildman–Crippen LogP) is -3.04. The molecule has 0 aliphatic rings. The molecule has 0 aromatic carbocycles. The summed E-state index contributed by atoms with van der Waals surface area (Å²) in [6.45, 7) is -0.232. The molecule has 1 amide bonds. The monoisotopic (exact) mass is 378 g/mol. The van der Waals surface area contributed by atoms with Crippen molar-refractivity contribution in [1.29, 1.82) is 0 Å². The first-order chi connectivity index (χ1) is 10.9. The van der Waals surface area contributed by atoms with Gasteiger partial charge >= 0.3 is 16.3 Å². The molecular weight excluding hydrogens is 358 g/mol. The van der Waals surface area contributed by atoms with E-state index in [2.05, 4.69) is 9.46 Å². The van der Waals surface area contributed by atoms with Gasteiger partial charge in [-0.25, -0.2) is 14.2 Å². The van der Waals surface area contributed by atoms with Gasteiger partial charge in [0, 0.05) is 24.4 Å². The number of nitrogens with one attached hydrogen (secondary N) is 3. The van der Waals surface area contributed by atoms with Crippen molar-refractivity contribution in [3.8, 4) is 0 Å². The first kappa shape index (κ1) is 22.1. The fourth-order valence-electron chi connectivity index (χ4n) is 1.08. The summed E-state index contributed by atoms with van der Waals surface area (Å²) in [4.78, 5) is 11.2. The lowest BCUT2D eigenvalue weighted by molar-refractivity contribution is 0.0776. The Labute approximate surface area is 136 Å². The Morgan fingerprint density at radius 1 is 1.09 bits per heavy atom. The molecule has 0 saturated carbocycles. The van der Waals surface area contributed by atoms with Gasteiger partial charge in [-0.2, -0.15) is 13.1 Å². The van der Waals surface area contributed by atoms with Crippen LogP contribution in [0.1, 0.15) is 0 Å². The fourth-order valence-corrected chi connectivity index (χ4v) is 2.04. The van der Waals surface area contributed by atoms with Crippen molar-refractivity contribution in [2.45, 2.75) is 0 Å². The zero-order chi connectivity index (χ0) is 17.6. The lowest BCUT2D eigenvalue weighted by Gasteiger charge is -2.10. The van der Waals surface area contributed by atoms with Gasteiger partial charge in [-0.05, 0) is 0 Å². The molecule has 0 fully saturated rings. The van der Waals surface area contributed by atoms with Crippen LogP contribution in [0.15, 0.2) is 0 Å². The van der Waals surface area contributed by atoms with Gasteiger partial charge in [0.2, 0.25) is 0 Å². The minimum Gasteiger partial charge on any atom is -0.760 e. The molecule has 1 unspecified atom stereocenters. The predicted molar refractivity (Wildman–Crippen MR) is 77.1 cm³/mol. The minimum atomic E-state index is -4.07. The van der Waals surface area contributed by atoms with E-state index in [1.54, 1.807) is 4.72 Å². The van der Waals surface area contributed by atoms with Crippen LogP contribution in [0.4, 0.5) is 4.79 Å². The maximum absolute atomic E-state index is 11.4. The summed E-state index contributed by atoms with van der Waals surface area (Å²) < 4.78 is 63.0. The van der Waals surface area contributed by atoms with Crippen LogP contribution >= 0.6 is 0 Å². The minimum absolute atomic E-state index is 0.0247. The van der Waals surface area contributed by atoms with Crippen LogP contribution in [0.3, 0.4) is 0 Å². The molecule has 4 N–H and O–H groups in total. The van der Waals surface area contributed by atoms with E-state index in [9.17, 15) is 22.0 Å². The van der Waals surface area contributed by atoms with Gasteiger partial charge in [0.1, 0.15) is 6.61 Å². The SMILES string of the molecule is O=C(NS(=O)(=O)NCCOCCO)OCCOCCNS(=O)[O-]. The number of ether oxygens (including phenoxy) is 3. The van der Waals surface area contributed by atoms with Gasteiger partial charge in [0.05, 0.1) is 33.0 Å². The lowest BCUT2D eigenvalue weighted by Crippen LogP contribution is -2.42. The van der Waals surface area contributed by atoms with Crippen molar-refractivity contribution in [2.75, 3.05) is 52.7 Å². The van der Waals surface area contributed by atoms with Gasteiger partial charge in [-0.15, -0.1) is 0 Å². The highest BCUT2D eigenvalue weighted by Crippen LogP contribution is 1.85. The number of aliphatic hydroxyl groups excluding tert-OH is 1. The second kappa shape index (κ2) is 13.6. The summed E-state index contributed by atoms with van der Waals surface area (Å²) in [5, 5.41) is 8.44. The van der Waals surface area contributed by atoms with Crippen molar-refractivity contribution in [2.24, 2.45) is 0 Å². The van der Waals surface area contributed by atoms with Crippen LogP contribution in [0.25, 0.3) is 0 Å². The van der Waals surface area contributed by atoms with Gasteiger partial charge in [0.15, 0.2) is 0 Å². The maximum atomic E-state index is 11.4. The number of carbonyl (C=O) groups is 1. The molecule has 0 aromatic heterocycles. The van der Waals surface area contributed by atoms with Crippen LogP contribution in [-0.2, 0) is 35.7 Å². The van der Waals surface area contributed by atoms with Crippen molar-refractivity contribution >= 4 is 27.6 Å². The molecule has 0 aliphatic carbocycles. The molecule has 0 spiro atoms. The molecule has 0 radical (unpaired) electrons. The van der Waals surface area contributed by atoms with E-state index in [0.29, 0.717) is 0 Å². The summed E-state index contributed by atoms with van der Waals surface area (Å²) in [5.74, 6) is 0. The first-order valence-corrected chi connectivity index (χ1v) is 8.96. The normalized spacial score (nSPS) is 12.8. The molecule has 0 aromatic rings. The molecule has 0 saturated heterocycles. The van der Waals surface area contributed by atoms with E-state index in [0.717, 1.165) is 0 Å². The Bertz CT molecular complexity index is 446. The average Bonchev–Trinajstić information content (AvgIpc) is 2.45. The number of hydrogen-bond donors (Lipinski definition) is 4. The van der Waals surface area contributed by atoms with Crippen LogP contribution in [0.5, 0.6) is 0 Å². The van der Waals surface area contributed by atoms with E-state index in [1.807, 2.05) is 4.72 Å². The molecule has 0 aliphatic heterocycles. The Morgan fingerprint density at radius 3 is 2.39 bits per heavy atom. The number of carbonyl (C=O) groups excluding carboxylic acids is 1. The third-order valence-electron chi connectivity index (χ3n) is 1.92. The van der Waals surface area contributed by atoms with E-state index >= 15 is 0 Å². The third-order valence-corrected chi connectivity index (χ3v) is 3.38. The zero-order valence-electron chi connectivity index (χ0n) is 12.2. The highest BCUT2D eigenvalue weighted by atomic mass is 32.2. The molecular formula is C9H20N3O9S2-. The molecule has 23 heavy (non-hydrogen) atoms. The zero-order valence-corrected chi connectivity index (χ0v) is 13.8. The maximum Gasteiger partial charge on any atom is 0.421 e. The molecule has 0 bridgehead atoms. The Morgan fingerprint density at radius 2 is 1.74 bits per heavy atom. The van der Waals surface area contributed by atoms with Crippen LogP contribution in [0, 0.1) is 0 Å². The third kappa shape index (κ3) is 15.8. The second-order valence-corrected chi connectivity index (χ2v) is 5.97.